The van der Waals surface area contributed by atoms with Gasteiger partial charge in [-0.05, 0) is 17.7 Å². The molecule has 0 amide bonds. The second-order valence-corrected chi connectivity index (χ2v) is 3.78. The normalized spacial score (nSPS) is 19.8. The number of rotatable bonds is 2. The molecule has 1 atom stereocenters. The Morgan fingerprint density at radius 2 is 1.94 bits per heavy atom. The van der Waals surface area contributed by atoms with Gasteiger partial charge in [-0.1, -0.05) is 12.1 Å². The van der Waals surface area contributed by atoms with Gasteiger partial charge >= 0.3 is 6.36 Å². The summed E-state index contributed by atoms with van der Waals surface area (Å²) in [6.07, 6.45) is -2.93. The van der Waals surface area contributed by atoms with Crippen LogP contribution in [0.3, 0.4) is 0 Å². The van der Waals surface area contributed by atoms with Crippen molar-refractivity contribution >= 4 is 6.34 Å². The number of benzene rings is 1. The van der Waals surface area contributed by atoms with Crippen molar-refractivity contribution in [1.82, 2.24) is 4.90 Å². The fourth-order valence-corrected chi connectivity index (χ4v) is 1.72. The lowest BCUT2D eigenvalue weighted by molar-refractivity contribution is -0.274. The molecule has 1 aliphatic rings. The van der Waals surface area contributed by atoms with Crippen LogP contribution >= 0.6 is 0 Å². The van der Waals surface area contributed by atoms with Crippen LogP contribution in [0.2, 0.25) is 0 Å². The molecule has 0 aliphatic carbocycles. The highest BCUT2D eigenvalue weighted by atomic mass is 19.4. The Kier molecular flexibility index (Phi) is 2.95. The van der Waals surface area contributed by atoms with Gasteiger partial charge in [0.1, 0.15) is 5.75 Å². The van der Waals surface area contributed by atoms with Gasteiger partial charge < -0.3 is 9.64 Å². The zero-order chi connectivity index (χ0) is 12.5. The third-order valence-electron chi connectivity index (χ3n) is 2.53. The highest BCUT2D eigenvalue weighted by molar-refractivity contribution is 5.58. The third-order valence-corrected chi connectivity index (χ3v) is 2.53. The number of halogens is 3. The predicted molar refractivity (Wildman–Crippen MR) is 57.0 cm³/mol. The second kappa shape index (κ2) is 4.27. The van der Waals surface area contributed by atoms with E-state index in [0.29, 0.717) is 6.54 Å². The van der Waals surface area contributed by atoms with Crippen LogP contribution in [-0.2, 0) is 0 Å². The molecule has 0 spiro atoms. The minimum atomic E-state index is -4.64. The lowest BCUT2D eigenvalue weighted by Crippen LogP contribution is -2.19. The van der Waals surface area contributed by atoms with E-state index in [1.54, 1.807) is 18.5 Å². The van der Waals surface area contributed by atoms with Crippen molar-refractivity contribution in [3.63, 3.8) is 0 Å². The van der Waals surface area contributed by atoms with E-state index in [1.165, 1.54) is 12.1 Å². The number of aliphatic imine (C=N–C) groups is 1. The van der Waals surface area contributed by atoms with Crippen LogP contribution in [-0.4, -0.2) is 31.2 Å². The molecule has 1 aromatic rings. The molecule has 6 heteroatoms. The monoisotopic (exact) mass is 244 g/mol. The van der Waals surface area contributed by atoms with Crippen LogP contribution in [0.5, 0.6) is 5.75 Å². The smallest absolute Gasteiger partial charge is 0.406 e. The molecule has 0 N–H and O–H groups in total. The number of likely N-dealkylation sites (N-methyl/N-ethyl adjacent to an activating group) is 1. The summed E-state index contributed by atoms with van der Waals surface area (Å²) in [5, 5.41) is 0. The minimum Gasteiger partial charge on any atom is -0.406 e. The van der Waals surface area contributed by atoms with Crippen molar-refractivity contribution in [3.05, 3.63) is 29.8 Å². The van der Waals surface area contributed by atoms with Crippen LogP contribution in [0.1, 0.15) is 11.6 Å². The Bertz CT molecular complexity index is 414. The molecule has 0 radical (unpaired) electrons. The average molecular weight is 244 g/mol. The van der Waals surface area contributed by atoms with Crippen molar-refractivity contribution in [2.24, 2.45) is 4.99 Å². The predicted octanol–water partition coefficient (Wildman–Crippen LogP) is 2.60. The first-order valence-electron chi connectivity index (χ1n) is 5.03. The number of ether oxygens (including phenoxy) is 1. The summed E-state index contributed by atoms with van der Waals surface area (Å²) >= 11 is 0. The van der Waals surface area contributed by atoms with Crippen LogP contribution in [0, 0.1) is 0 Å². The van der Waals surface area contributed by atoms with E-state index in [-0.39, 0.29) is 11.8 Å². The van der Waals surface area contributed by atoms with Gasteiger partial charge in [-0.25, -0.2) is 0 Å². The zero-order valence-electron chi connectivity index (χ0n) is 9.11. The number of hydrogen-bond acceptors (Lipinski definition) is 3. The molecule has 2 rings (SSSR count). The molecular weight excluding hydrogens is 233 g/mol. The molecule has 1 aromatic carbocycles. The summed E-state index contributed by atoms with van der Waals surface area (Å²) in [5.41, 5.74) is 0.916. The van der Waals surface area contributed by atoms with Crippen LogP contribution in [0.15, 0.2) is 29.3 Å². The number of hydrogen-bond donors (Lipinski definition) is 0. The van der Waals surface area contributed by atoms with Gasteiger partial charge in [0.2, 0.25) is 0 Å². The lowest BCUT2D eigenvalue weighted by atomic mass is 10.1. The van der Waals surface area contributed by atoms with Crippen molar-refractivity contribution in [1.29, 1.82) is 0 Å². The van der Waals surface area contributed by atoms with E-state index in [2.05, 4.69) is 9.73 Å². The molecule has 1 aliphatic heterocycles. The molecule has 0 aromatic heterocycles. The minimum absolute atomic E-state index is 0.0925. The molecular formula is C11H11F3N2O. The highest BCUT2D eigenvalue weighted by Crippen LogP contribution is 2.27. The van der Waals surface area contributed by atoms with Gasteiger partial charge in [0, 0.05) is 7.05 Å². The Morgan fingerprint density at radius 3 is 2.41 bits per heavy atom. The van der Waals surface area contributed by atoms with Crippen molar-refractivity contribution < 1.29 is 17.9 Å². The molecule has 1 unspecified atom stereocenters. The second-order valence-electron chi connectivity index (χ2n) is 3.78. The summed E-state index contributed by atoms with van der Waals surface area (Å²) in [5.74, 6) is -0.206. The largest absolute Gasteiger partial charge is 0.573 e. The van der Waals surface area contributed by atoms with Gasteiger partial charge in [0.05, 0.1) is 18.9 Å². The number of alkyl halides is 3. The van der Waals surface area contributed by atoms with Crippen molar-refractivity contribution in [2.75, 3.05) is 13.6 Å². The fraction of sp³-hybridized carbons (Fsp3) is 0.364. The van der Waals surface area contributed by atoms with Crippen LogP contribution < -0.4 is 4.74 Å². The molecule has 1 heterocycles. The van der Waals surface area contributed by atoms with E-state index in [0.717, 1.165) is 5.56 Å². The molecule has 0 saturated heterocycles. The highest BCUT2D eigenvalue weighted by Gasteiger charge is 2.31. The summed E-state index contributed by atoms with van der Waals surface area (Å²) in [6, 6.07) is 5.97. The fourth-order valence-electron chi connectivity index (χ4n) is 1.72. The maximum Gasteiger partial charge on any atom is 0.573 e. The summed E-state index contributed by atoms with van der Waals surface area (Å²) in [4.78, 5) is 6.01. The molecule has 3 nitrogen and oxygen atoms in total. The molecule has 0 fully saturated rings. The van der Waals surface area contributed by atoms with E-state index < -0.39 is 6.36 Å². The summed E-state index contributed by atoms with van der Waals surface area (Å²) < 4.78 is 39.7. The Hall–Kier alpha value is -1.72. The first-order chi connectivity index (χ1) is 7.96. The van der Waals surface area contributed by atoms with E-state index in [9.17, 15) is 13.2 Å². The summed E-state index contributed by atoms with van der Waals surface area (Å²) in [7, 11) is 1.88. The van der Waals surface area contributed by atoms with Gasteiger partial charge in [0.15, 0.2) is 0 Å². The Labute approximate surface area is 96.5 Å². The van der Waals surface area contributed by atoms with Gasteiger partial charge in [0.25, 0.3) is 0 Å². The van der Waals surface area contributed by atoms with Crippen molar-refractivity contribution in [2.45, 2.75) is 12.4 Å². The molecule has 0 saturated carbocycles. The molecule has 0 bridgehead atoms. The molecule has 17 heavy (non-hydrogen) atoms. The topological polar surface area (TPSA) is 24.8 Å². The van der Waals surface area contributed by atoms with Crippen LogP contribution in [0.4, 0.5) is 13.2 Å². The zero-order valence-corrected chi connectivity index (χ0v) is 9.11. The van der Waals surface area contributed by atoms with Crippen molar-refractivity contribution in [3.8, 4) is 5.75 Å². The first kappa shape index (κ1) is 11.8. The maximum absolute atomic E-state index is 12.0. The van der Waals surface area contributed by atoms with E-state index in [4.69, 9.17) is 0 Å². The van der Waals surface area contributed by atoms with Crippen LogP contribution in [0.25, 0.3) is 0 Å². The Morgan fingerprint density at radius 1 is 1.29 bits per heavy atom. The standard InChI is InChI=1S/C11H11F3N2O/c1-16-7-15-6-10(16)8-2-4-9(5-3-8)17-11(12,13)14/h2-5,7,10H,6H2,1H3. The van der Waals surface area contributed by atoms with Gasteiger partial charge in [-0.3, -0.25) is 4.99 Å². The Balaban J connectivity index is 2.08. The lowest BCUT2D eigenvalue weighted by Gasteiger charge is -2.19. The first-order valence-corrected chi connectivity index (χ1v) is 5.03. The molecule has 92 valence electrons. The van der Waals surface area contributed by atoms with E-state index >= 15 is 0 Å². The number of nitrogens with zero attached hydrogens (tertiary/aromatic N) is 2. The summed E-state index contributed by atoms with van der Waals surface area (Å²) in [6.45, 7) is 0.621. The van der Waals surface area contributed by atoms with E-state index in [1.807, 2.05) is 11.9 Å². The third kappa shape index (κ3) is 2.89. The maximum atomic E-state index is 12.0. The average Bonchev–Trinajstić information content (AvgIpc) is 2.63. The van der Waals surface area contributed by atoms with Gasteiger partial charge in [-0.2, -0.15) is 0 Å². The SMILES string of the molecule is CN1C=NCC1c1ccc(OC(F)(F)F)cc1. The quantitative estimate of drug-likeness (QED) is 0.798. The van der Waals surface area contributed by atoms with Gasteiger partial charge in [-0.15, -0.1) is 13.2 Å².